The van der Waals surface area contributed by atoms with Gasteiger partial charge in [-0.1, -0.05) is 31.0 Å². The van der Waals surface area contributed by atoms with E-state index in [1.165, 1.54) is 38.5 Å². The Morgan fingerprint density at radius 1 is 0.966 bits per heavy atom. The van der Waals surface area contributed by atoms with Gasteiger partial charge in [0.05, 0.1) is 5.92 Å². The minimum absolute atomic E-state index is 0.0676. The number of primary amides is 1. The monoisotopic (exact) mass is 395 g/mol. The molecule has 2 aliphatic carbocycles. The lowest BCUT2D eigenvalue weighted by Crippen LogP contribution is -2.55. The largest absolute Gasteiger partial charge is 0.370 e. The fourth-order valence-corrected chi connectivity index (χ4v) is 6.88. The van der Waals surface area contributed by atoms with E-state index >= 15 is 0 Å². The highest BCUT2D eigenvalue weighted by Crippen LogP contribution is 2.45. The molecule has 3 fully saturated rings. The molecule has 1 atom stereocenters. The average molecular weight is 396 g/mol. The molecule has 2 N–H and O–H groups in total. The molecular weight excluding hydrogens is 362 g/mol. The first-order valence-corrected chi connectivity index (χ1v) is 11.6. The first kappa shape index (κ1) is 19.1. The normalized spacial score (nSPS) is 33.0. The number of anilines is 1. The maximum atomic E-state index is 13.2. The molecule has 2 aliphatic heterocycles. The number of nitrogens with zero attached hydrogens (tertiary/aromatic N) is 2. The van der Waals surface area contributed by atoms with Crippen LogP contribution in [0.15, 0.2) is 24.3 Å². The van der Waals surface area contributed by atoms with Crippen LogP contribution < -0.4 is 10.6 Å². The van der Waals surface area contributed by atoms with Crippen molar-refractivity contribution in [2.75, 3.05) is 18.0 Å². The molecule has 1 aromatic carbocycles. The molecule has 5 heteroatoms. The second-order valence-corrected chi connectivity index (χ2v) is 9.63. The minimum Gasteiger partial charge on any atom is -0.370 e. The van der Waals surface area contributed by atoms with Gasteiger partial charge < -0.3 is 10.6 Å². The lowest BCUT2D eigenvalue weighted by atomic mass is 9.67. The van der Waals surface area contributed by atoms with Crippen molar-refractivity contribution >= 4 is 17.5 Å². The standard InChI is InChI=1S/C24H33N3O2/c25-22(28)15-20-19-9-1-2-10-21(19)27(24(20)29)18-11-13-26(14-12-18)23-16-5-3-6-17(23)8-4-7-16/h1-2,9-10,16-18,20,23H,3-8,11-15H2,(H2,25,28). The van der Waals surface area contributed by atoms with Crippen LogP contribution in [0.3, 0.4) is 0 Å². The maximum Gasteiger partial charge on any atom is 0.235 e. The van der Waals surface area contributed by atoms with E-state index in [9.17, 15) is 9.59 Å². The molecule has 2 heterocycles. The van der Waals surface area contributed by atoms with Crippen molar-refractivity contribution in [3.63, 3.8) is 0 Å². The number of para-hydroxylation sites is 1. The molecule has 2 bridgehead atoms. The summed E-state index contributed by atoms with van der Waals surface area (Å²) in [4.78, 5) is 29.6. The van der Waals surface area contributed by atoms with Gasteiger partial charge in [0.25, 0.3) is 0 Å². The van der Waals surface area contributed by atoms with Crippen LogP contribution in [0.4, 0.5) is 5.69 Å². The predicted molar refractivity (Wildman–Crippen MR) is 114 cm³/mol. The number of carbonyl (C=O) groups is 2. The van der Waals surface area contributed by atoms with Gasteiger partial charge in [-0.15, -0.1) is 0 Å². The summed E-state index contributed by atoms with van der Waals surface area (Å²) in [5.41, 5.74) is 7.41. The van der Waals surface area contributed by atoms with Gasteiger partial charge >= 0.3 is 0 Å². The zero-order chi connectivity index (χ0) is 20.0. The summed E-state index contributed by atoms with van der Waals surface area (Å²) in [6.45, 7) is 2.18. The van der Waals surface area contributed by atoms with Crippen molar-refractivity contribution in [3.8, 4) is 0 Å². The molecule has 4 aliphatic rings. The molecular formula is C24H33N3O2. The van der Waals surface area contributed by atoms with Gasteiger partial charge in [-0.3, -0.25) is 14.5 Å². The van der Waals surface area contributed by atoms with Gasteiger partial charge in [0.2, 0.25) is 11.8 Å². The Bertz CT molecular complexity index is 764. The summed E-state index contributed by atoms with van der Waals surface area (Å²) < 4.78 is 0. The van der Waals surface area contributed by atoms with Gasteiger partial charge in [0.15, 0.2) is 0 Å². The van der Waals surface area contributed by atoms with E-state index in [2.05, 4.69) is 4.90 Å². The number of benzene rings is 1. The third kappa shape index (κ3) is 3.37. The van der Waals surface area contributed by atoms with E-state index in [0.717, 1.165) is 55.1 Å². The second-order valence-electron chi connectivity index (χ2n) is 9.63. The smallest absolute Gasteiger partial charge is 0.235 e. The quantitative estimate of drug-likeness (QED) is 0.849. The zero-order valence-corrected chi connectivity index (χ0v) is 17.3. The molecule has 5 rings (SSSR count). The maximum absolute atomic E-state index is 13.2. The van der Waals surface area contributed by atoms with Crippen LogP contribution in [0.5, 0.6) is 0 Å². The minimum atomic E-state index is -0.404. The fraction of sp³-hybridized carbons (Fsp3) is 0.667. The Hall–Kier alpha value is -1.88. The Morgan fingerprint density at radius 2 is 1.59 bits per heavy atom. The molecule has 2 saturated carbocycles. The van der Waals surface area contributed by atoms with Crippen LogP contribution in [0.2, 0.25) is 0 Å². The number of likely N-dealkylation sites (tertiary alicyclic amines) is 1. The zero-order valence-electron chi connectivity index (χ0n) is 17.3. The SMILES string of the molecule is NC(=O)CC1C(=O)N(C2CCN(C3C4CCCC3CCC4)CC2)c2ccccc21. The fourth-order valence-electron chi connectivity index (χ4n) is 6.88. The van der Waals surface area contributed by atoms with E-state index in [1.807, 2.05) is 29.2 Å². The first-order valence-electron chi connectivity index (χ1n) is 11.6. The van der Waals surface area contributed by atoms with Gasteiger partial charge in [-0.25, -0.2) is 0 Å². The van der Waals surface area contributed by atoms with Crippen molar-refractivity contribution in [1.82, 2.24) is 4.90 Å². The van der Waals surface area contributed by atoms with E-state index < -0.39 is 11.8 Å². The molecule has 1 unspecified atom stereocenters. The first-order chi connectivity index (χ1) is 14.1. The van der Waals surface area contributed by atoms with E-state index in [-0.39, 0.29) is 18.4 Å². The molecule has 2 amide bonds. The molecule has 0 radical (unpaired) electrons. The number of carbonyl (C=O) groups excluding carboxylic acids is 2. The lowest BCUT2D eigenvalue weighted by molar-refractivity contribution is -0.124. The number of hydrogen-bond acceptors (Lipinski definition) is 3. The highest BCUT2D eigenvalue weighted by atomic mass is 16.2. The number of amides is 2. The molecule has 1 aromatic rings. The van der Waals surface area contributed by atoms with Crippen LogP contribution in [0.25, 0.3) is 0 Å². The number of fused-ring (bicyclic) bond motifs is 3. The van der Waals surface area contributed by atoms with Crippen molar-refractivity contribution in [2.45, 2.75) is 75.8 Å². The predicted octanol–water partition coefficient (Wildman–Crippen LogP) is 3.43. The molecule has 29 heavy (non-hydrogen) atoms. The Labute approximate surface area is 173 Å². The highest BCUT2D eigenvalue weighted by Gasteiger charge is 2.44. The molecule has 1 saturated heterocycles. The Kier molecular flexibility index (Phi) is 5.10. The summed E-state index contributed by atoms with van der Waals surface area (Å²) >= 11 is 0. The van der Waals surface area contributed by atoms with Crippen LogP contribution in [0.1, 0.15) is 69.3 Å². The van der Waals surface area contributed by atoms with E-state index in [0.29, 0.717) is 0 Å². The third-order valence-corrected chi connectivity index (χ3v) is 8.06. The van der Waals surface area contributed by atoms with Crippen molar-refractivity contribution in [2.24, 2.45) is 17.6 Å². The third-order valence-electron chi connectivity index (χ3n) is 8.06. The van der Waals surface area contributed by atoms with E-state index in [4.69, 9.17) is 5.73 Å². The molecule has 0 spiro atoms. The van der Waals surface area contributed by atoms with Crippen LogP contribution in [-0.4, -0.2) is 41.9 Å². The van der Waals surface area contributed by atoms with Gasteiger partial charge in [-0.2, -0.15) is 0 Å². The lowest BCUT2D eigenvalue weighted by Gasteiger charge is -2.50. The summed E-state index contributed by atoms with van der Waals surface area (Å²) in [7, 11) is 0. The van der Waals surface area contributed by atoms with Crippen LogP contribution in [-0.2, 0) is 9.59 Å². The topological polar surface area (TPSA) is 66.6 Å². The average Bonchev–Trinajstić information content (AvgIpc) is 2.99. The van der Waals surface area contributed by atoms with Gasteiger partial charge in [-0.05, 0) is 62.0 Å². The van der Waals surface area contributed by atoms with Gasteiger partial charge in [0, 0.05) is 37.3 Å². The summed E-state index contributed by atoms with van der Waals surface area (Å²) in [5.74, 6) is 1.05. The van der Waals surface area contributed by atoms with Crippen molar-refractivity contribution in [1.29, 1.82) is 0 Å². The molecule has 156 valence electrons. The second kappa shape index (κ2) is 7.75. The highest BCUT2D eigenvalue weighted by molar-refractivity contribution is 6.07. The number of piperidine rings is 1. The van der Waals surface area contributed by atoms with Gasteiger partial charge in [0.1, 0.15) is 0 Å². The van der Waals surface area contributed by atoms with Crippen molar-refractivity contribution in [3.05, 3.63) is 29.8 Å². The summed E-state index contributed by atoms with van der Waals surface area (Å²) in [6.07, 6.45) is 10.6. The summed E-state index contributed by atoms with van der Waals surface area (Å²) in [5, 5.41) is 0. The number of nitrogens with two attached hydrogens (primary N) is 1. The Balaban J connectivity index is 1.31. The summed E-state index contributed by atoms with van der Waals surface area (Å²) in [6, 6.07) is 8.98. The van der Waals surface area contributed by atoms with E-state index in [1.54, 1.807) is 0 Å². The number of rotatable bonds is 4. The number of hydrogen-bond donors (Lipinski definition) is 1. The van der Waals surface area contributed by atoms with Crippen LogP contribution >= 0.6 is 0 Å². The van der Waals surface area contributed by atoms with Crippen LogP contribution in [0, 0.1) is 11.8 Å². The Morgan fingerprint density at radius 3 is 2.21 bits per heavy atom. The molecule has 0 aromatic heterocycles. The molecule has 5 nitrogen and oxygen atoms in total. The van der Waals surface area contributed by atoms with Crippen molar-refractivity contribution < 1.29 is 9.59 Å².